The van der Waals surface area contributed by atoms with Gasteiger partial charge in [0, 0.05) is 25.3 Å². The molecule has 0 aromatic rings. The molecule has 5 heteroatoms. The number of nitrogens with zero attached hydrogens (tertiary/aromatic N) is 1. The number of unbranched alkanes of at least 4 members (excludes halogenated alkanes) is 10. The van der Waals surface area contributed by atoms with E-state index in [1.165, 1.54) is 62.7 Å². The number of likely N-dealkylation sites (tertiary alicyclic amines) is 1. The van der Waals surface area contributed by atoms with Gasteiger partial charge in [-0.3, -0.25) is 19.3 Å². The van der Waals surface area contributed by atoms with Gasteiger partial charge in [-0.25, -0.2) is 0 Å². The van der Waals surface area contributed by atoms with E-state index in [2.05, 4.69) is 6.92 Å². The molecule has 0 N–H and O–H groups in total. The Kier molecular flexibility index (Phi) is 13.5. The predicted molar refractivity (Wildman–Crippen MR) is 111 cm³/mol. The maximum absolute atomic E-state index is 11.6. The van der Waals surface area contributed by atoms with Crippen LogP contribution in [0.15, 0.2) is 0 Å². The van der Waals surface area contributed by atoms with Crippen molar-refractivity contribution in [1.82, 2.24) is 4.90 Å². The summed E-state index contributed by atoms with van der Waals surface area (Å²) in [7, 11) is 0. The minimum absolute atomic E-state index is 0.0599. The van der Waals surface area contributed by atoms with Crippen molar-refractivity contribution < 1.29 is 14.4 Å². The first-order valence-corrected chi connectivity index (χ1v) is 11.5. The standard InChI is InChI=1S/C22H38ClNO3/c1-2-3-4-5-6-7-8-9-10-11-14-19(22(23)27)15-12-13-18-24-20(25)16-17-21(24)26/h19H,2-18H2,1H3. The van der Waals surface area contributed by atoms with E-state index in [0.717, 1.165) is 32.1 Å². The van der Waals surface area contributed by atoms with Crippen LogP contribution in [0.2, 0.25) is 0 Å². The summed E-state index contributed by atoms with van der Waals surface area (Å²) in [5, 5.41) is -0.237. The number of hydrogen-bond acceptors (Lipinski definition) is 3. The van der Waals surface area contributed by atoms with Crippen LogP contribution in [0.5, 0.6) is 0 Å². The van der Waals surface area contributed by atoms with Crippen LogP contribution in [0.4, 0.5) is 0 Å². The van der Waals surface area contributed by atoms with Gasteiger partial charge in [0.1, 0.15) is 0 Å². The Hall–Kier alpha value is -0.900. The van der Waals surface area contributed by atoms with E-state index in [4.69, 9.17) is 11.6 Å². The second kappa shape index (κ2) is 15.1. The number of halogens is 1. The Morgan fingerprint density at radius 3 is 1.74 bits per heavy atom. The molecular formula is C22H38ClNO3. The van der Waals surface area contributed by atoms with Crippen molar-refractivity contribution >= 4 is 28.7 Å². The Morgan fingerprint density at radius 1 is 0.815 bits per heavy atom. The fourth-order valence-electron chi connectivity index (χ4n) is 3.78. The first-order valence-electron chi connectivity index (χ1n) is 11.1. The van der Waals surface area contributed by atoms with Gasteiger partial charge in [0.2, 0.25) is 17.1 Å². The molecule has 0 radical (unpaired) electrons. The second-order valence-corrected chi connectivity index (χ2v) is 8.28. The first kappa shape index (κ1) is 24.1. The van der Waals surface area contributed by atoms with E-state index in [0.29, 0.717) is 19.4 Å². The minimum atomic E-state index is -0.237. The third kappa shape index (κ3) is 10.9. The van der Waals surface area contributed by atoms with Crippen LogP contribution in [0.25, 0.3) is 0 Å². The number of rotatable bonds is 17. The molecule has 0 aliphatic carbocycles. The van der Waals surface area contributed by atoms with E-state index < -0.39 is 0 Å². The molecule has 1 aliphatic heterocycles. The lowest BCUT2D eigenvalue weighted by Gasteiger charge is -2.15. The zero-order chi connectivity index (χ0) is 19.9. The Bertz CT molecular complexity index is 437. The normalized spacial score (nSPS) is 15.6. The molecule has 27 heavy (non-hydrogen) atoms. The van der Waals surface area contributed by atoms with Crippen molar-refractivity contribution in [3.05, 3.63) is 0 Å². The number of carbonyl (C=O) groups is 3. The van der Waals surface area contributed by atoms with Crippen molar-refractivity contribution in [1.29, 1.82) is 0 Å². The largest absolute Gasteiger partial charge is 0.283 e. The van der Waals surface area contributed by atoms with Gasteiger partial charge in [-0.05, 0) is 30.9 Å². The number of carbonyl (C=O) groups excluding carboxylic acids is 3. The molecule has 1 aliphatic rings. The Morgan fingerprint density at radius 2 is 1.26 bits per heavy atom. The Balaban J connectivity index is 2.03. The summed E-state index contributed by atoms with van der Waals surface area (Å²) in [5.41, 5.74) is 0. The van der Waals surface area contributed by atoms with Crippen LogP contribution in [0.1, 0.15) is 110 Å². The van der Waals surface area contributed by atoms with Gasteiger partial charge in [-0.1, -0.05) is 77.6 Å². The Labute approximate surface area is 170 Å². The van der Waals surface area contributed by atoms with Crippen LogP contribution in [-0.2, 0) is 14.4 Å². The summed E-state index contributed by atoms with van der Waals surface area (Å²) in [6.07, 6.45) is 16.8. The summed E-state index contributed by atoms with van der Waals surface area (Å²) < 4.78 is 0. The molecular weight excluding hydrogens is 362 g/mol. The van der Waals surface area contributed by atoms with Crippen LogP contribution in [-0.4, -0.2) is 28.5 Å². The predicted octanol–water partition coefficient (Wildman–Crippen LogP) is 6.00. The fourth-order valence-corrected chi connectivity index (χ4v) is 4.00. The first-order chi connectivity index (χ1) is 13.1. The van der Waals surface area contributed by atoms with Crippen molar-refractivity contribution in [2.45, 2.75) is 110 Å². The van der Waals surface area contributed by atoms with Crippen LogP contribution in [0, 0.1) is 5.92 Å². The molecule has 4 nitrogen and oxygen atoms in total. The lowest BCUT2D eigenvalue weighted by Crippen LogP contribution is -2.30. The summed E-state index contributed by atoms with van der Waals surface area (Å²) in [6, 6.07) is 0. The highest BCUT2D eigenvalue weighted by molar-refractivity contribution is 6.63. The molecule has 2 amide bonds. The van der Waals surface area contributed by atoms with Gasteiger partial charge in [0.15, 0.2) is 0 Å². The average molecular weight is 400 g/mol. The van der Waals surface area contributed by atoms with Crippen LogP contribution < -0.4 is 0 Å². The molecule has 1 unspecified atom stereocenters. The van der Waals surface area contributed by atoms with Gasteiger partial charge in [-0.2, -0.15) is 0 Å². The number of imide groups is 1. The zero-order valence-electron chi connectivity index (χ0n) is 17.1. The highest BCUT2D eigenvalue weighted by Gasteiger charge is 2.28. The maximum atomic E-state index is 11.6. The molecule has 0 aromatic heterocycles. The second-order valence-electron chi connectivity index (χ2n) is 7.91. The van der Waals surface area contributed by atoms with Crippen LogP contribution >= 0.6 is 11.6 Å². The van der Waals surface area contributed by atoms with E-state index in [1.54, 1.807) is 0 Å². The van der Waals surface area contributed by atoms with Crippen molar-refractivity contribution in [2.75, 3.05) is 6.54 Å². The molecule has 1 fully saturated rings. The molecule has 0 aromatic carbocycles. The third-order valence-corrected chi connectivity index (χ3v) is 5.87. The maximum Gasteiger partial charge on any atom is 0.229 e. The molecule has 156 valence electrons. The molecule has 1 heterocycles. The average Bonchev–Trinajstić information content (AvgIpc) is 2.96. The van der Waals surface area contributed by atoms with Crippen molar-refractivity contribution in [3.63, 3.8) is 0 Å². The molecule has 0 saturated carbocycles. The van der Waals surface area contributed by atoms with Gasteiger partial charge < -0.3 is 0 Å². The summed E-state index contributed by atoms with van der Waals surface area (Å²) in [4.78, 5) is 36.1. The molecule has 0 bridgehead atoms. The highest BCUT2D eigenvalue weighted by atomic mass is 35.5. The van der Waals surface area contributed by atoms with E-state index in [9.17, 15) is 14.4 Å². The summed E-state index contributed by atoms with van der Waals surface area (Å²) in [5.74, 6) is -0.198. The summed E-state index contributed by atoms with van der Waals surface area (Å²) >= 11 is 5.76. The van der Waals surface area contributed by atoms with Gasteiger partial charge in [0.05, 0.1) is 0 Å². The van der Waals surface area contributed by atoms with Crippen LogP contribution in [0.3, 0.4) is 0 Å². The van der Waals surface area contributed by atoms with Gasteiger partial charge in [0.25, 0.3) is 0 Å². The monoisotopic (exact) mass is 399 g/mol. The molecule has 0 spiro atoms. The van der Waals surface area contributed by atoms with Gasteiger partial charge in [-0.15, -0.1) is 0 Å². The quantitative estimate of drug-likeness (QED) is 0.171. The number of hydrogen-bond donors (Lipinski definition) is 0. The third-order valence-electron chi connectivity index (χ3n) is 5.57. The molecule has 1 rings (SSSR count). The van der Waals surface area contributed by atoms with Crippen molar-refractivity contribution in [3.8, 4) is 0 Å². The van der Waals surface area contributed by atoms with E-state index >= 15 is 0 Å². The smallest absolute Gasteiger partial charge is 0.229 e. The topological polar surface area (TPSA) is 54.5 Å². The fraction of sp³-hybridized carbons (Fsp3) is 0.864. The van der Waals surface area contributed by atoms with Crippen molar-refractivity contribution in [2.24, 2.45) is 5.92 Å². The highest BCUT2D eigenvalue weighted by Crippen LogP contribution is 2.21. The van der Waals surface area contributed by atoms with E-state index in [1.807, 2.05) is 0 Å². The lowest BCUT2D eigenvalue weighted by molar-refractivity contribution is -0.138. The zero-order valence-corrected chi connectivity index (χ0v) is 17.9. The SMILES string of the molecule is CCCCCCCCCCCCC(CCCCN1C(=O)CCC1=O)C(=O)Cl. The van der Waals surface area contributed by atoms with E-state index in [-0.39, 0.29) is 23.0 Å². The number of amides is 2. The lowest BCUT2D eigenvalue weighted by atomic mass is 9.96. The molecule has 1 atom stereocenters. The molecule has 1 saturated heterocycles. The van der Waals surface area contributed by atoms with Gasteiger partial charge >= 0.3 is 0 Å². The summed E-state index contributed by atoms with van der Waals surface area (Å²) in [6.45, 7) is 2.73. The minimum Gasteiger partial charge on any atom is -0.283 e.